The summed E-state index contributed by atoms with van der Waals surface area (Å²) in [5.41, 5.74) is 1.01. The fourth-order valence-electron chi connectivity index (χ4n) is 0.695. The van der Waals surface area contributed by atoms with E-state index in [-0.39, 0.29) is 0 Å². The second-order valence-corrected chi connectivity index (χ2v) is 2.91. The van der Waals surface area contributed by atoms with Gasteiger partial charge in [-0.05, 0) is 13.3 Å². The summed E-state index contributed by atoms with van der Waals surface area (Å²) >= 11 is 0. The highest BCUT2D eigenvalue weighted by molar-refractivity contribution is 5.88. The van der Waals surface area contributed by atoms with E-state index in [9.17, 15) is 4.79 Å². The van der Waals surface area contributed by atoms with Gasteiger partial charge in [0, 0.05) is 18.9 Å². The lowest BCUT2D eigenvalue weighted by molar-refractivity contribution is -0.133. The molecule has 0 aliphatic carbocycles. The third kappa shape index (κ3) is 8.82. The third-order valence-electron chi connectivity index (χ3n) is 1.31. The van der Waals surface area contributed by atoms with Gasteiger partial charge in [0.2, 0.25) is 0 Å². The maximum atomic E-state index is 10.6. The van der Waals surface area contributed by atoms with Crippen molar-refractivity contribution >= 4 is 5.97 Å². The Morgan fingerprint density at radius 1 is 1.50 bits per heavy atom. The summed E-state index contributed by atoms with van der Waals surface area (Å²) < 4.78 is 9.60. The predicted octanol–water partition coefficient (Wildman–Crippen LogP) is 1.54. The highest BCUT2D eigenvalue weighted by Crippen LogP contribution is 1.92. The molecule has 0 heterocycles. The quantitative estimate of drug-likeness (QED) is 0.220. The van der Waals surface area contributed by atoms with Crippen LogP contribution in [0.15, 0.2) is 12.2 Å². The first kappa shape index (κ1) is 12.7. The molecule has 0 aromatic carbocycles. The molecule has 0 aliphatic heterocycles. The van der Waals surface area contributed by atoms with Gasteiger partial charge in [-0.1, -0.05) is 18.1 Å². The standard InChI is InChI=1S/C11H16O3/c1-10(2)9-14-8-6-4-5-7-11(12)13-3/h1,4,6,8-9H2,2-3H3. The zero-order valence-electron chi connectivity index (χ0n) is 8.76. The Labute approximate surface area is 85.1 Å². The Hall–Kier alpha value is -1.27. The molecule has 0 radical (unpaired) electrons. The van der Waals surface area contributed by atoms with Crippen LogP contribution >= 0.6 is 0 Å². The van der Waals surface area contributed by atoms with Gasteiger partial charge in [0.15, 0.2) is 0 Å². The summed E-state index contributed by atoms with van der Waals surface area (Å²) in [5.74, 6) is 4.55. The van der Waals surface area contributed by atoms with Crippen molar-refractivity contribution in [1.82, 2.24) is 0 Å². The Kier molecular flexibility index (Phi) is 7.58. The highest BCUT2D eigenvalue weighted by atomic mass is 16.5. The van der Waals surface area contributed by atoms with E-state index >= 15 is 0 Å². The molecule has 0 atom stereocenters. The van der Waals surface area contributed by atoms with Crippen LogP contribution in [-0.4, -0.2) is 26.3 Å². The first-order valence-electron chi connectivity index (χ1n) is 4.45. The van der Waals surface area contributed by atoms with Crippen molar-refractivity contribution in [3.05, 3.63) is 12.2 Å². The van der Waals surface area contributed by atoms with Crippen LogP contribution in [0.4, 0.5) is 0 Å². The zero-order chi connectivity index (χ0) is 10.8. The largest absolute Gasteiger partial charge is 0.459 e. The predicted molar refractivity (Wildman–Crippen MR) is 54.7 cm³/mol. The van der Waals surface area contributed by atoms with E-state index in [1.165, 1.54) is 7.11 Å². The van der Waals surface area contributed by atoms with Crippen molar-refractivity contribution in [2.75, 3.05) is 20.3 Å². The number of esters is 1. The summed E-state index contributed by atoms with van der Waals surface area (Å²) in [5, 5.41) is 0. The van der Waals surface area contributed by atoms with Crippen LogP contribution in [0.2, 0.25) is 0 Å². The van der Waals surface area contributed by atoms with Crippen LogP contribution in [0.3, 0.4) is 0 Å². The van der Waals surface area contributed by atoms with Gasteiger partial charge in [0.25, 0.3) is 0 Å². The lowest BCUT2D eigenvalue weighted by atomic mass is 10.3. The molecule has 0 amide bonds. The molecule has 0 fully saturated rings. The molecule has 0 N–H and O–H groups in total. The minimum atomic E-state index is -0.493. The Morgan fingerprint density at radius 2 is 2.21 bits per heavy atom. The fraction of sp³-hybridized carbons (Fsp3) is 0.545. The van der Waals surface area contributed by atoms with Crippen molar-refractivity contribution in [2.45, 2.75) is 19.8 Å². The minimum absolute atomic E-state index is 0.493. The number of hydrogen-bond acceptors (Lipinski definition) is 3. The summed E-state index contributed by atoms with van der Waals surface area (Å²) in [6.45, 7) is 6.85. The van der Waals surface area contributed by atoms with Crippen molar-refractivity contribution in [3.8, 4) is 11.8 Å². The van der Waals surface area contributed by atoms with Gasteiger partial charge in [-0.25, -0.2) is 4.79 Å². The van der Waals surface area contributed by atoms with E-state index in [0.29, 0.717) is 19.6 Å². The first-order valence-corrected chi connectivity index (χ1v) is 4.45. The maximum absolute atomic E-state index is 10.6. The molecule has 0 aromatic heterocycles. The lowest BCUT2D eigenvalue weighted by Crippen LogP contribution is -1.97. The SMILES string of the molecule is C=C(C)COCCCC#CC(=O)OC. The third-order valence-corrected chi connectivity index (χ3v) is 1.31. The van der Waals surface area contributed by atoms with Crippen LogP contribution in [0, 0.1) is 11.8 Å². The normalized spacial score (nSPS) is 8.71. The van der Waals surface area contributed by atoms with Gasteiger partial charge in [-0.2, -0.15) is 0 Å². The van der Waals surface area contributed by atoms with Crippen LogP contribution in [0.5, 0.6) is 0 Å². The van der Waals surface area contributed by atoms with Crippen LogP contribution in [-0.2, 0) is 14.3 Å². The topological polar surface area (TPSA) is 35.5 Å². The Morgan fingerprint density at radius 3 is 2.79 bits per heavy atom. The van der Waals surface area contributed by atoms with Crippen LogP contribution in [0.1, 0.15) is 19.8 Å². The van der Waals surface area contributed by atoms with Gasteiger partial charge in [-0.3, -0.25) is 0 Å². The van der Waals surface area contributed by atoms with E-state index in [1.54, 1.807) is 0 Å². The second-order valence-electron chi connectivity index (χ2n) is 2.91. The lowest BCUT2D eigenvalue weighted by Gasteiger charge is -2.00. The average molecular weight is 196 g/mol. The smallest absolute Gasteiger partial charge is 0.384 e. The van der Waals surface area contributed by atoms with E-state index in [1.807, 2.05) is 6.92 Å². The number of carbonyl (C=O) groups is 1. The van der Waals surface area contributed by atoms with E-state index in [0.717, 1.165) is 12.0 Å². The number of methoxy groups -OCH3 is 1. The van der Waals surface area contributed by atoms with Crippen molar-refractivity contribution in [3.63, 3.8) is 0 Å². The number of unbranched alkanes of at least 4 members (excludes halogenated alkanes) is 1. The molecule has 14 heavy (non-hydrogen) atoms. The molecule has 0 spiro atoms. The molecule has 0 aliphatic rings. The van der Waals surface area contributed by atoms with Gasteiger partial charge in [0.1, 0.15) is 0 Å². The molecule has 0 aromatic rings. The van der Waals surface area contributed by atoms with E-state index in [2.05, 4.69) is 23.2 Å². The first-order chi connectivity index (χ1) is 6.66. The Balaban J connectivity index is 3.32. The number of hydrogen-bond donors (Lipinski definition) is 0. The van der Waals surface area contributed by atoms with Gasteiger partial charge in [-0.15, -0.1) is 0 Å². The molecule has 78 valence electrons. The number of rotatable bonds is 5. The number of ether oxygens (including phenoxy) is 2. The highest BCUT2D eigenvalue weighted by Gasteiger charge is 1.90. The Bertz CT molecular complexity index is 245. The fourth-order valence-corrected chi connectivity index (χ4v) is 0.695. The van der Waals surface area contributed by atoms with Gasteiger partial charge >= 0.3 is 5.97 Å². The minimum Gasteiger partial charge on any atom is -0.459 e. The van der Waals surface area contributed by atoms with E-state index < -0.39 is 5.97 Å². The van der Waals surface area contributed by atoms with Crippen LogP contribution in [0.25, 0.3) is 0 Å². The van der Waals surface area contributed by atoms with Crippen molar-refractivity contribution < 1.29 is 14.3 Å². The van der Waals surface area contributed by atoms with Gasteiger partial charge < -0.3 is 9.47 Å². The summed E-state index contributed by atoms with van der Waals surface area (Å²) in [7, 11) is 1.31. The van der Waals surface area contributed by atoms with Gasteiger partial charge in [0.05, 0.1) is 13.7 Å². The van der Waals surface area contributed by atoms with Crippen molar-refractivity contribution in [1.29, 1.82) is 0 Å². The molecule has 0 saturated heterocycles. The summed E-state index contributed by atoms with van der Waals surface area (Å²) in [6.07, 6.45) is 1.46. The molecule has 0 bridgehead atoms. The molecule has 0 rings (SSSR count). The van der Waals surface area contributed by atoms with E-state index in [4.69, 9.17) is 4.74 Å². The maximum Gasteiger partial charge on any atom is 0.384 e. The number of carbonyl (C=O) groups excluding carboxylic acids is 1. The van der Waals surface area contributed by atoms with Crippen molar-refractivity contribution in [2.24, 2.45) is 0 Å². The zero-order valence-corrected chi connectivity index (χ0v) is 8.76. The average Bonchev–Trinajstić information content (AvgIpc) is 2.15. The second kappa shape index (κ2) is 8.33. The summed E-state index contributed by atoms with van der Waals surface area (Å²) in [4.78, 5) is 10.6. The molecule has 0 unspecified atom stereocenters. The summed E-state index contributed by atoms with van der Waals surface area (Å²) in [6, 6.07) is 0. The molecular weight excluding hydrogens is 180 g/mol. The van der Waals surface area contributed by atoms with Crippen LogP contribution < -0.4 is 0 Å². The molecule has 3 heteroatoms. The molecule has 3 nitrogen and oxygen atoms in total. The molecule has 0 saturated carbocycles. The monoisotopic (exact) mass is 196 g/mol. The molecular formula is C11H16O3.